The summed E-state index contributed by atoms with van der Waals surface area (Å²) in [7, 11) is 3.75. The van der Waals surface area contributed by atoms with Crippen LogP contribution in [0.4, 0.5) is 10.3 Å². The molecule has 162 valence electrons. The molecule has 1 atom stereocenters. The predicted molar refractivity (Wildman–Crippen MR) is 118 cm³/mol. The van der Waals surface area contributed by atoms with Crippen LogP contribution in [0.25, 0.3) is 11.1 Å². The van der Waals surface area contributed by atoms with Gasteiger partial charge in [0.05, 0.1) is 10.7 Å². The molecule has 31 heavy (non-hydrogen) atoms. The summed E-state index contributed by atoms with van der Waals surface area (Å²) in [4.78, 5) is 25.7. The van der Waals surface area contributed by atoms with Crippen molar-refractivity contribution in [2.24, 2.45) is 0 Å². The number of aromatic nitrogens is 4. The molecule has 0 unspecified atom stereocenters. The highest BCUT2D eigenvalue weighted by Crippen LogP contribution is 2.35. The number of carbonyl (C=O) groups excluding carboxylic acids is 1. The Bertz CT molecular complexity index is 1070. The molecule has 0 radical (unpaired) electrons. The number of amides is 1. The standard InChI is InChI=1S/C22H24ClFN6O/c1-28(2)22-25-12-17(15-6-7-18(23)19(24)11-15)21(27-22)16-5-3-9-29(13-16)20(31)14-30-10-4-8-26-30/h4,6-8,10-12,16H,3,5,9,13-14H2,1-2H3/t16-/m1/s1. The lowest BCUT2D eigenvalue weighted by Gasteiger charge is -2.33. The zero-order chi connectivity index (χ0) is 22.0. The van der Waals surface area contributed by atoms with E-state index in [1.54, 1.807) is 35.4 Å². The van der Waals surface area contributed by atoms with Crippen molar-refractivity contribution in [2.45, 2.75) is 25.3 Å². The highest BCUT2D eigenvalue weighted by Gasteiger charge is 2.28. The normalized spacial score (nSPS) is 16.4. The van der Waals surface area contributed by atoms with Gasteiger partial charge in [-0.05, 0) is 36.6 Å². The summed E-state index contributed by atoms with van der Waals surface area (Å²) in [5, 5.41) is 4.20. The molecule has 3 heterocycles. The van der Waals surface area contributed by atoms with Gasteiger partial charge in [0.1, 0.15) is 12.4 Å². The average molecular weight is 443 g/mol. The maximum absolute atomic E-state index is 14.2. The lowest BCUT2D eigenvalue weighted by molar-refractivity contribution is -0.133. The van der Waals surface area contributed by atoms with Crippen LogP contribution < -0.4 is 4.90 Å². The first-order chi connectivity index (χ1) is 14.9. The molecule has 1 aliphatic rings. The second-order valence-corrected chi connectivity index (χ2v) is 8.28. The Morgan fingerprint density at radius 1 is 1.35 bits per heavy atom. The topological polar surface area (TPSA) is 67.2 Å². The van der Waals surface area contributed by atoms with Gasteiger partial charge < -0.3 is 9.80 Å². The Labute approximate surface area is 185 Å². The molecule has 1 amide bonds. The minimum atomic E-state index is -0.485. The van der Waals surface area contributed by atoms with Crippen LogP contribution >= 0.6 is 11.6 Å². The Kier molecular flexibility index (Phi) is 6.18. The summed E-state index contributed by atoms with van der Waals surface area (Å²) in [5.74, 6) is 0.134. The summed E-state index contributed by atoms with van der Waals surface area (Å²) in [6.45, 7) is 1.46. The van der Waals surface area contributed by atoms with E-state index in [1.165, 1.54) is 12.1 Å². The van der Waals surface area contributed by atoms with E-state index in [1.807, 2.05) is 23.9 Å². The summed E-state index contributed by atoms with van der Waals surface area (Å²) >= 11 is 5.87. The monoisotopic (exact) mass is 442 g/mol. The third kappa shape index (κ3) is 4.69. The molecule has 1 saturated heterocycles. The minimum Gasteiger partial charge on any atom is -0.347 e. The Morgan fingerprint density at radius 3 is 2.90 bits per heavy atom. The van der Waals surface area contributed by atoms with Crippen molar-refractivity contribution < 1.29 is 9.18 Å². The number of rotatable bonds is 5. The van der Waals surface area contributed by atoms with Gasteiger partial charge in [0.15, 0.2) is 0 Å². The average Bonchev–Trinajstić information content (AvgIpc) is 3.28. The van der Waals surface area contributed by atoms with E-state index in [-0.39, 0.29) is 23.4 Å². The Balaban J connectivity index is 1.65. The first kappa shape index (κ1) is 21.2. The van der Waals surface area contributed by atoms with E-state index in [0.717, 1.165) is 24.1 Å². The molecule has 9 heteroatoms. The predicted octanol–water partition coefficient (Wildman–Crippen LogP) is 3.60. The van der Waals surface area contributed by atoms with Crippen LogP contribution in [0, 0.1) is 5.82 Å². The number of hydrogen-bond acceptors (Lipinski definition) is 5. The fraction of sp³-hybridized carbons (Fsp3) is 0.364. The highest BCUT2D eigenvalue weighted by molar-refractivity contribution is 6.30. The van der Waals surface area contributed by atoms with Crippen molar-refractivity contribution in [1.82, 2.24) is 24.6 Å². The van der Waals surface area contributed by atoms with Crippen LogP contribution in [-0.4, -0.2) is 57.7 Å². The van der Waals surface area contributed by atoms with Crippen molar-refractivity contribution in [3.63, 3.8) is 0 Å². The van der Waals surface area contributed by atoms with Gasteiger partial charge in [-0.1, -0.05) is 17.7 Å². The molecule has 0 spiro atoms. The van der Waals surface area contributed by atoms with Gasteiger partial charge in [-0.15, -0.1) is 0 Å². The van der Waals surface area contributed by atoms with Crippen molar-refractivity contribution in [1.29, 1.82) is 0 Å². The SMILES string of the molecule is CN(C)c1ncc(-c2ccc(Cl)c(F)c2)c([C@@H]2CCCN(C(=O)Cn3cccn3)C2)n1. The zero-order valence-electron chi connectivity index (χ0n) is 17.5. The maximum atomic E-state index is 14.2. The molecule has 1 aliphatic heterocycles. The molecule has 0 aliphatic carbocycles. The van der Waals surface area contributed by atoms with Crippen LogP contribution in [0.3, 0.4) is 0 Å². The lowest BCUT2D eigenvalue weighted by Crippen LogP contribution is -2.41. The van der Waals surface area contributed by atoms with Crippen molar-refractivity contribution >= 4 is 23.5 Å². The quantitative estimate of drug-likeness (QED) is 0.604. The van der Waals surface area contributed by atoms with Gasteiger partial charge in [0, 0.05) is 57.3 Å². The molecule has 3 aromatic rings. The highest BCUT2D eigenvalue weighted by atomic mass is 35.5. The van der Waals surface area contributed by atoms with Crippen molar-refractivity contribution in [3.05, 3.63) is 59.4 Å². The van der Waals surface area contributed by atoms with Gasteiger partial charge in [-0.3, -0.25) is 9.48 Å². The second-order valence-electron chi connectivity index (χ2n) is 7.87. The number of hydrogen-bond donors (Lipinski definition) is 0. The summed E-state index contributed by atoms with van der Waals surface area (Å²) in [5.41, 5.74) is 2.24. The van der Waals surface area contributed by atoms with Gasteiger partial charge in [-0.25, -0.2) is 14.4 Å². The Hall–Kier alpha value is -3.00. The fourth-order valence-corrected chi connectivity index (χ4v) is 3.97. The molecular formula is C22H24ClFN6O. The minimum absolute atomic E-state index is 0.0192. The number of carbonyl (C=O) groups is 1. The molecule has 1 aromatic carbocycles. The molecule has 0 bridgehead atoms. The third-order valence-corrected chi connectivity index (χ3v) is 5.76. The number of benzene rings is 1. The van der Waals surface area contributed by atoms with E-state index in [2.05, 4.69) is 10.1 Å². The second kappa shape index (κ2) is 9.01. The number of nitrogens with zero attached hydrogens (tertiary/aromatic N) is 6. The van der Waals surface area contributed by atoms with E-state index in [0.29, 0.717) is 24.6 Å². The number of anilines is 1. The van der Waals surface area contributed by atoms with Crippen LogP contribution in [-0.2, 0) is 11.3 Å². The molecule has 7 nitrogen and oxygen atoms in total. The van der Waals surface area contributed by atoms with E-state index < -0.39 is 5.82 Å². The Morgan fingerprint density at radius 2 is 2.19 bits per heavy atom. The van der Waals surface area contributed by atoms with Gasteiger partial charge in [0.2, 0.25) is 11.9 Å². The van der Waals surface area contributed by atoms with Crippen LogP contribution in [0.5, 0.6) is 0 Å². The summed E-state index contributed by atoms with van der Waals surface area (Å²) < 4.78 is 15.8. The largest absolute Gasteiger partial charge is 0.347 e. The van der Waals surface area contributed by atoms with Crippen molar-refractivity contribution in [2.75, 3.05) is 32.1 Å². The van der Waals surface area contributed by atoms with E-state index >= 15 is 0 Å². The maximum Gasteiger partial charge on any atom is 0.244 e. The van der Waals surface area contributed by atoms with Crippen LogP contribution in [0.2, 0.25) is 5.02 Å². The molecule has 1 fully saturated rings. The smallest absolute Gasteiger partial charge is 0.244 e. The third-order valence-electron chi connectivity index (χ3n) is 5.45. The van der Waals surface area contributed by atoms with Gasteiger partial charge >= 0.3 is 0 Å². The molecule has 0 saturated carbocycles. The van der Waals surface area contributed by atoms with E-state index in [9.17, 15) is 9.18 Å². The number of halogens is 2. The fourth-order valence-electron chi connectivity index (χ4n) is 3.86. The summed E-state index contributed by atoms with van der Waals surface area (Å²) in [6.07, 6.45) is 6.92. The first-order valence-electron chi connectivity index (χ1n) is 10.2. The zero-order valence-corrected chi connectivity index (χ0v) is 18.3. The molecule has 0 N–H and O–H groups in total. The van der Waals surface area contributed by atoms with Gasteiger partial charge in [0.25, 0.3) is 0 Å². The summed E-state index contributed by atoms with van der Waals surface area (Å²) in [6, 6.07) is 6.51. The first-order valence-corrected chi connectivity index (χ1v) is 10.5. The van der Waals surface area contributed by atoms with E-state index in [4.69, 9.17) is 16.6 Å². The molecule has 4 rings (SSSR count). The molecule has 2 aromatic heterocycles. The molecular weight excluding hydrogens is 419 g/mol. The van der Waals surface area contributed by atoms with Crippen LogP contribution in [0.1, 0.15) is 24.5 Å². The van der Waals surface area contributed by atoms with Gasteiger partial charge in [-0.2, -0.15) is 5.10 Å². The van der Waals surface area contributed by atoms with Crippen molar-refractivity contribution in [3.8, 4) is 11.1 Å². The lowest BCUT2D eigenvalue weighted by atomic mass is 9.90. The number of likely N-dealkylation sites (tertiary alicyclic amines) is 1. The number of piperidine rings is 1. The van der Waals surface area contributed by atoms with Crippen LogP contribution in [0.15, 0.2) is 42.9 Å².